The van der Waals surface area contributed by atoms with Crippen molar-refractivity contribution in [1.29, 1.82) is 0 Å². The fraction of sp³-hybridized carbons (Fsp3) is 0.818. The molecule has 9 heteroatoms. The summed E-state index contributed by atoms with van der Waals surface area (Å²) in [5.74, 6) is -0.540. The van der Waals surface area contributed by atoms with Gasteiger partial charge in [0.15, 0.2) is 13.0 Å². The first-order chi connectivity index (χ1) is 9.12. The maximum atomic E-state index is 13.2. The summed E-state index contributed by atoms with van der Waals surface area (Å²) < 4.78 is 37.6. The molecule has 0 aliphatic rings. The molecule has 0 aromatic rings. The van der Waals surface area contributed by atoms with Crippen molar-refractivity contribution in [2.24, 2.45) is 5.41 Å². The second-order valence-corrected chi connectivity index (χ2v) is 6.04. The van der Waals surface area contributed by atoms with Gasteiger partial charge in [-0.1, -0.05) is 0 Å². The number of amides is 1. The number of hydrogen-bond donors (Lipinski definition) is 1. The number of alkyl halides is 1. The first-order valence-electron chi connectivity index (χ1n) is 5.91. The second-order valence-electron chi connectivity index (χ2n) is 4.90. The highest BCUT2D eigenvalue weighted by atomic mass is 31.1. The predicted molar refractivity (Wildman–Crippen MR) is 69.0 cm³/mol. The lowest BCUT2D eigenvalue weighted by molar-refractivity contribution is -0.161. The molecular formula is C11H20FNO6P+. The Morgan fingerprint density at radius 1 is 1.30 bits per heavy atom. The van der Waals surface area contributed by atoms with Crippen LogP contribution in [0.25, 0.3) is 0 Å². The van der Waals surface area contributed by atoms with Crippen molar-refractivity contribution in [3.05, 3.63) is 0 Å². The van der Waals surface area contributed by atoms with Gasteiger partial charge in [-0.25, -0.2) is 9.18 Å². The summed E-state index contributed by atoms with van der Waals surface area (Å²) in [7, 11) is -1.80. The molecule has 116 valence electrons. The van der Waals surface area contributed by atoms with Crippen molar-refractivity contribution in [3.8, 4) is 0 Å². The molecule has 0 aliphatic heterocycles. The summed E-state index contributed by atoms with van der Waals surface area (Å²) in [6.07, 6.45) is -2.91. The van der Waals surface area contributed by atoms with Gasteiger partial charge in [-0.05, 0) is 25.3 Å². The molecule has 1 N–H and O–H groups in total. The molecule has 0 aromatic heterocycles. The highest BCUT2D eigenvalue weighted by Crippen LogP contribution is 2.16. The van der Waals surface area contributed by atoms with Crippen LogP contribution in [-0.2, 0) is 23.4 Å². The van der Waals surface area contributed by atoms with E-state index in [0.717, 1.165) is 0 Å². The summed E-state index contributed by atoms with van der Waals surface area (Å²) in [4.78, 5) is 22.4. The van der Waals surface area contributed by atoms with E-state index in [1.54, 1.807) is 20.8 Å². The van der Waals surface area contributed by atoms with Crippen molar-refractivity contribution < 1.29 is 32.5 Å². The van der Waals surface area contributed by atoms with Gasteiger partial charge in [-0.3, -0.25) is 10.1 Å². The van der Waals surface area contributed by atoms with E-state index in [1.165, 1.54) is 6.66 Å². The molecule has 0 saturated carbocycles. The van der Waals surface area contributed by atoms with Gasteiger partial charge in [0.05, 0.1) is 5.41 Å². The Labute approximate surface area is 118 Å². The zero-order valence-electron chi connectivity index (χ0n) is 12.0. The molecule has 0 rings (SSSR count). The average Bonchev–Trinajstić information content (AvgIpc) is 2.26. The third-order valence-corrected chi connectivity index (χ3v) is 2.46. The Kier molecular flexibility index (Phi) is 8.25. The molecule has 7 nitrogen and oxygen atoms in total. The van der Waals surface area contributed by atoms with Gasteiger partial charge >= 0.3 is 20.1 Å². The SMILES string of the molecule is C[P+](=O)OCCC(F)NC(=O)OCOC(=O)C(C)(C)C. The lowest BCUT2D eigenvalue weighted by atomic mass is 9.98. The van der Waals surface area contributed by atoms with Crippen LogP contribution in [0.2, 0.25) is 0 Å². The minimum atomic E-state index is -1.80. The standard InChI is InChI=1S/C11H19FNO6P/c1-11(2,3)9(14)17-7-18-10(15)13-8(12)5-6-19-20(4)16/h8H,5-7H2,1-4H3/p+1. The highest BCUT2D eigenvalue weighted by molar-refractivity contribution is 7.38. The maximum absolute atomic E-state index is 13.2. The van der Waals surface area contributed by atoms with Gasteiger partial charge < -0.3 is 9.47 Å². The first-order valence-corrected chi connectivity index (χ1v) is 7.53. The molecule has 2 atom stereocenters. The third kappa shape index (κ3) is 9.63. The van der Waals surface area contributed by atoms with Crippen LogP contribution >= 0.6 is 8.03 Å². The van der Waals surface area contributed by atoms with Crippen LogP contribution in [0.15, 0.2) is 0 Å². The van der Waals surface area contributed by atoms with Gasteiger partial charge in [0.25, 0.3) is 0 Å². The van der Waals surface area contributed by atoms with E-state index in [1.807, 2.05) is 5.32 Å². The van der Waals surface area contributed by atoms with Crippen molar-refractivity contribution >= 4 is 20.1 Å². The number of halogens is 1. The van der Waals surface area contributed by atoms with Gasteiger partial charge in [0, 0.05) is 6.42 Å². The van der Waals surface area contributed by atoms with Crippen LogP contribution in [0.1, 0.15) is 27.2 Å². The number of alkyl carbamates (subject to hydrolysis) is 1. The lowest BCUT2D eigenvalue weighted by Crippen LogP contribution is -2.34. The Bertz CT molecular complexity index is 357. The topological polar surface area (TPSA) is 90.9 Å². The zero-order valence-corrected chi connectivity index (χ0v) is 12.9. The summed E-state index contributed by atoms with van der Waals surface area (Å²) in [5.41, 5.74) is -0.712. The molecule has 0 saturated heterocycles. The van der Waals surface area contributed by atoms with E-state index in [4.69, 9.17) is 0 Å². The van der Waals surface area contributed by atoms with Crippen LogP contribution in [-0.4, -0.2) is 38.4 Å². The summed E-state index contributed by atoms with van der Waals surface area (Å²) in [6, 6.07) is 0. The second kappa shape index (κ2) is 8.81. The monoisotopic (exact) mass is 312 g/mol. The van der Waals surface area contributed by atoms with E-state index >= 15 is 0 Å². The normalized spacial score (nSPS) is 13.3. The molecule has 0 spiro atoms. The summed E-state index contributed by atoms with van der Waals surface area (Å²) in [5, 5.41) is 1.87. The minimum Gasteiger partial charge on any atom is -0.427 e. The largest absolute Gasteiger partial charge is 0.504 e. The zero-order chi connectivity index (χ0) is 15.8. The van der Waals surface area contributed by atoms with Crippen LogP contribution in [0.4, 0.5) is 9.18 Å². The molecule has 0 radical (unpaired) electrons. The molecular weight excluding hydrogens is 292 g/mol. The minimum absolute atomic E-state index is 0.0911. The maximum Gasteiger partial charge on any atom is 0.504 e. The Morgan fingerprint density at radius 3 is 2.40 bits per heavy atom. The molecule has 1 amide bonds. The molecule has 0 aromatic carbocycles. The molecule has 0 bridgehead atoms. The van der Waals surface area contributed by atoms with E-state index in [2.05, 4.69) is 14.0 Å². The number of esters is 1. The Balaban J connectivity index is 3.78. The van der Waals surface area contributed by atoms with E-state index in [0.29, 0.717) is 0 Å². The van der Waals surface area contributed by atoms with Crippen LogP contribution in [0, 0.1) is 5.41 Å². The summed E-state index contributed by atoms with van der Waals surface area (Å²) >= 11 is 0. The van der Waals surface area contributed by atoms with Crippen LogP contribution < -0.4 is 5.32 Å². The van der Waals surface area contributed by atoms with Gasteiger partial charge in [-0.2, -0.15) is 0 Å². The number of nitrogens with one attached hydrogen (secondary N) is 1. The van der Waals surface area contributed by atoms with Gasteiger partial charge in [-0.15, -0.1) is 4.52 Å². The van der Waals surface area contributed by atoms with E-state index < -0.39 is 38.6 Å². The average molecular weight is 312 g/mol. The molecule has 0 aliphatic carbocycles. The fourth-order valence-electron chi connectivity index (χ4n) is 0.879. The Morgan fingerprint density at radius 2 is 1.90 bits per heavy atom. The predicted octanol–water partition coefficient (Wildman–Crippen LogP) is 2.33. The number of rotatable bonds is 7. The third-order valence-electron chi connectivity index (χ3n) is 1.91. The van der Waals surface area contributed by atoms with Crippen molar-refractivity contribution in [2.75, 3.05) is 20.1 Å². The fourth-order valence-corrected chi connectivity index (χ4v) is 1.24. The number of carbonyl (C=O) groups excluding carboxylic acids is 2. The first kappa shape index (κ1) is 18.7. The van der Waals surface area contributed by atoms with Crippen LogP contribution in [0.5, 0.6) is 0 Å². The summed E-state index contributed by atoms with van der Waals surface area (Å²) in [6.45, 7) is 5.59. The van der Waals surface area contributed by atoms with Crippen molar-refractivity contribution in [2.45, 2.75) is 33.5 Å². The number of hydrogen-bond acceptors (Lipinski definition) is 6. The lowest BCUT2D eigenvalue weighted by Gasteiger charge is -2.16. The van der Waals surface area contributed by atoms with Crippen molar-refractivity contribution in [1.82, 2.24) is 5.32 Å². The van der Waals surface area contributed by atoms with Crippen LogP contribution in [0.3, 0.4) is 0 Å². The van der Waals surface area contributed by atoms with Gasteiger partial charge in [0.2, 0.25) is 6.79 Å². The molecule has 2 unspecified atom stereocenters. The number of ether oxygens (including phenoxy) is 2. The smallest absolute Gasteiger partial charge is 0.427 e. The molecule has 0 fully saturated rings. The molecule has 20 heavy (non-hydrogen) atoms. The molecule has 0 heterocycles. The Hall–Kier alpha value is -1.27. The quantitative estimate of drug-likeness (QED) is 0.336. The number of carbonyl (C=O) groups is 2. The van der Waals surface area contributed by atoms with E-state index in [9.17, 15) is 18.5 Å². The van der Waals surface area contributed by atoms with Crippen molar-refractivity contribution in [3.63, 3.8) is 0 Å². The van der Waals surface area contributed by atoms with E-state index in [-0.39, 0.29) is 13.0 Å². The van der Waals surface area contributed by atoms with Gasteiger partial charge in [0.1, 0.15) is 6.61 Å². The highest BCUT2D eigenvalue weighted by Gasteiger charge is 2.23.